The Morgan fingerprint density at radius 1 is 1.00 bits per heavy atom. The van der Waals surface area contributed by atoms with Gasteiger partial charge in [-0.05, 0) is 9.13 Å². The van der Waals surface area contributed by atoms with Crippen molar-refractivity contribution < 1.29 is 28.7 Å². The van der Waals surface area contributed by atoms with E-state index in [1.807, 2.05) is 0 Å². The number of hydrogen-bond acceptors (Lipinski definition) is 4. The van der Waals surface area contributed by atoms with E-state index < -0.39 is 16.5 Å². The van der Waals surface area contributed by atoms with Crippen molar-refractivity contribution in [1.29, 1.82) is 0 Å². The molecule has 0 saturated carbocycles. The standard InChI is InChI=1S/2HO3P.Sr/c2*1-4(2)3;/h2*(H,1,2,3);/q;;+2. The molecule has 48 valence electrons. The summed E-state index contributed by atoms with van der Waals surface area (Å²) in [7, 11) is -6.24. The van der Waals surface area contributed by atoms with Crippen LogP contribution >= 0.6 is 16.5 Å². The van der Waals surface area contributed by atoms with E-state index >= 15 is 0 Å². The quantitative estimate of drug-likeness (QED) is 0.364. The van der Waals surface area contributed by atoms with Gasteiger partial charge < -0.3 is 9.79 Å². The van der Waals surface area contributed by atoms with Gasteiger partial charge in [0.2, 0.25) is 0 Å². The second-order valence-electron chi connectivity index (χ2n) is 0.476. The van der Waals surface area contributed by atoms with Crippen molar-refractivity contribution in [3.05, 3.63) is 0 Å². The van der Waals surface area contributed by atoms with E-state index in [9.17, 15) is 0 Å². The molecule has 0 aliphatic rings. The Morgan fingerprint density at radius 3 is 1.00 bits per heavy atom. The third-order valence-corrected chi connectivity index (χ3v) is 0. The molecule has 0 aromatic rings. The van der Waals surface area contributed by atoms with Gasteiger partial charge in [-0.1, -0.05) is 0 Å². The average molecular weight is 248 g/mol. The second kappa shape index (κ2) is 12.2. The van der Waals surface area contributed by atoms with Crippen LogP contribution in [0.3, 0.4) is 0 Å². The Morgan fingerprint density at radius 2 is 1.00 bits per heavy atom. The molecule has 0 radical (unpaired) electrons. The van der Waals surface area contributed by atoms with Crippen LogP contribution in [0.25, 0.3) is 0 Å². The molecule has 6 nitrogen and oxygen atoms in total. The number of rotatable bonds is 0. The SMILES string of the molecule is O=[P+]([O-])O.O=[P+]([O-])O.[Sr+2]. The molecular weight excluding hydrogens is 246 g/mol. The van der Waals surface area contributed by atoms with Gasteiger partial charge in [0.05, 0.1) is 0 Å². The summed E-state index contributed by atoms with van der Waals surface area (Å²) in [6, 6.07) is 0. The predicted octanol–water partition coefficient (Wildman–Crippen LogP) is -2.39. The van der Waals surface area contributed by atoms with Crippen molar-refractivity contribution in [2.75, 3.05) is 0 Å². The molecule has 0 aromatic heterocycles. The summed E-state index contributed by atoms with van der Waals surface area (Å²) in [6.45, 7) is 0. The number of hydrogen-bond donors (Lipinski definition) is 2. The van der Waals surface area contributed by atoms with E-state index in [1.54, 1.807) is 0 Å². The smallest absolute Gasteiger partial charge is 0.567 e. The van der Waals surface area contributed by atoms with Gasteiger partial charge in [0.25, 0.3) is 0 Å². The Hall–Kier alpha value is 1.52. The fraction of sp³-hybridized carbons (Fsp3) is 0. The Balaban J connectivity index is -0.0000000720. The van der Waals surface area contributed by atoms with Crippen molar-refractivity contribution in [3.8, 4) is 0 Å². The van der Waals surface area contributed by atoms with E-state index in [4.69, 9.17) is 28.7 Å². The van der Waals surface area contributed by atoms with E-state index in [1.165, 1.54) is 0 Å². The van der Waals surface area contributed by atoms with E-state index in [0.717, 1.165) is 0 Å². The molecule has 2 unspecified atom stereocenters. The van der Waals surface area contributed by atoms with Gasteiger partial charge in [-0.2, -0.15) is 9.79 Å². The molecule has 9 heavy (non-hydrogen) atoms. The van der Waals surface area contributed by atoms with Gasteiger partial charge >= 0.3 is 62.0 Å². The minimum atomic E-state index is -3.12. The normalized spacial score (nSPS) is 9.78. The zero-order valence-electron chi connectivity index (χ0n) is 4.13. The molecule has 2 atom stereocenters. The largest absolute Gasteiger partial charge is 2.00 e. The first-order valence-corrected chi connectivity index (χ1v) is 3.39. The molecule has 0 rings (SSSR count). The van der Waals surface area contributed by atoms with Gasteiger partial charge in [-0.3, -0.25) is 0 Å². The first-order valence-electron chi connectivity index (χ1n) is 1.13. The molecule has 0 aliphatic carbocycles. The van der Waals surface area contributed by atoms with Crippen molar-refractivity contribution in [1.82, 2.24) is 0 Å². The summed E-state index contributed by atoms with van der Waals surface area (Å²) < 4.78 is 17.2. The molecule has 0 bridgehead atoms. The molecule has 0 spiro atoms. The Bertz CT molecular complexity index is 69.1. The predicted molar refractivity (Wildman–Crippen MR) is 25.4 cm³/mol. The van der Waals surface area contributed by atoms with Crippen LogP contribution in [0.1, 0.15) is 0 Å². The van der Waals surface area contributed by atoms with Crippen LogP contribution in [0.5, 0.6) is 0 Å². The van der Waals surface area contributed by atoms with Crippen LogP contribution < -0.4 is 9.79 Å². The second-order valence-corrected chi connectivity index (χ2v) is 1.43. The van der Waals surface area contributed by atoms with Crippen molar-refractivity contribution in [2.24, 2.45) is 0 Å². The third-order valence-electron chi connectivity index (χ3n) is 0. The van der Waals surface area contributed by atoms with Gasteiger partial charge in [-0.15, -0.1) is 0 Å². The van der Waals surface area contributed by atoms with Gasteiger partial charge in [0.1, 0.15) is 0 Å². The summed E-state index contributed by atoms with van der Waals surface area (Å²) in [5, 5.41) is 0. The van der Waals surface area contributed by atoms with Crippen LogP contribution in [0.15, 0.2) is 0 Å². The third kappa shape index (κ3) is 233. The fourth-order valence-electron chi connectivity index (χ4n) is 0. The molecule has 0 aromatic carbocycles. The summed E-state index contributed by atoms with van der Waals surface area (Å²) in [5.41, 5.74) is 0. The maximum Gasteiger partial charge on any atom is 2.00 e. The minimum absolute atomic E-state index is 0. The van der Waals surface area contributed by atoms with E-state index in [0.29, 0.717) is 0 Å². The maximum atomic E-state index is 8.59. The summed E-state index contributed by atoms with van der Waals surface area (Å²) in [5.74, 6) is 0. The summed E-state index contributed by atoms with van der Waals surface area (Å²) >= 11 is 0. The Labute approximate surface area is 89.7 Å². The molecule has 0 heterocycles. The monoisotopic (exact) mass is 248 g/mol. The van der Waals surface area contributed by atoms with Crippen LogP contribution in [0.2, 0.25) is 0 Å². The fourth-order valence-corrected chi connectivity index (χ4v) is 0. The maximum absolute atomic E-state index is 8.59. The van der Waals surface area contributed by atoms with Crippen molar-refractivity contribution >= 4 is 62.0 Å². The minimum Gasteiger partial charge on any atom is -0.567 e. The van der Waals surface area contributed by atoms with Crippen LogP contribution in [0.4, 0.5) is 0 Å². The molecule has 2 N–H and O–H groups in total. The van der Waals surface area contributed by atoms with E-state index in [2.05, 4.69) is 0 Å². The zero-order chi connectivity index (χ0) is 7.15. The average Bonchev–Trinajstić information content (AvgIpc) is 1.25. The van der Waals surface area contributed by atoms with Crippen molar-refractivity contribution in [3.63, 3.8) is 0 Å². The topological polar surface area (TPSA) is 121 Å². The first kappa shape index (κ1) is 16.9. The molecule has 9 heteroatoms. The molecular formula is H2O6P2Sr+2. The molecule has 0 amide bonds. The molecule has 0 fully saturated rings. The zero-order valence-corrected chi connectivity index (χ0v) is 9.39. The first-order chi connectivity index (χ1) is 3.46. The van der Waals surface area contributed by atoms with E-state index in [-0.39, 0.29) is 45.5 Å². The van der Waals surface area contributed by atoms with Crippen LogP contribution in [-0.4, -0.2) is 55.3 Å². The van der Waals surface area contributed by atoms with Crippen LogP contribution in [0, 0.1) is 0 Å². The van der Waals surface area contributed by atoms with Crippen molar-refractivity contribution in [2.45, 2.75) is 0 Å². The Kier molecular flexibility index (Phi) is 22.9. The van der Waals surface area contributed by atoms with Crippen LogP contribution in [-0.2, 0) is 9.13 Å². The molecule has 0 aliphatic heterocycles. The summed E-state index contributed by atoms with van der Waals surface area (Å²) in [6.07, 6.45) is 0. The van der Waals surface area contributed by atoms with Gasteiger partial charge in [0, 0.05) is 0 Å². The summed E-state index contributed by atoms with van der Waals surface area (Å²) in [4.78, 5) is 31.2. The van der Waals surface area contributed by atoms with Gasteiger partial charge in [0.15, 0.2) is 0 Å². The molecule has 0 saturated heterocycles. The van der Waals surface area contributed by atoms with Gasteiger partial charge in [-0.25, -0.2) is 0 Å².